The number of thiazole rings is 1. The summed E-state index contributed by atoms with van der Waals surface area (Å²) < 4.78 is 5.76. The van der Waals surface area contributed by atoms with Gasteiger partial charge in [0.1, 0.15) is 18.1 Å². The van der Waals surface area contributed by atoms with Gasteiger partial charge in [0.05, 0.1) is 17.2 Å². The van der Waals surface area contributed by atoms with E-state index in [0.29, 0.717) is 29.0 Å². The summed E-state index contributed by atoms with van der Waals surface area (Å²) in [5.41, 5.74) is 3.05. The van der Waals surface area contributed by atoms with Crippen LogP contribution in [0.3, 0.4) is 0 Å². The van der Waals surface area contributed by atoms with E-state index in [9.17, 15) is 4.79 Å². The van der Waals surface area contributed by atoms with Crippen molar-refractivity contribution in [2.75, 3.05) is 0 Å². The first kappa shape index (κ1) is 20.5. The second-order valence-corrected chi connectivity index (χ2v) is 8.54. The zero-order valence-electron chi connectivity index (χ0n) is 16.1. The third kappa shape index (κ3) is 4.70. The molecule has 0 saturated carbocycles. The van der Waals surface area contributed by atoms with Gasteiger partial charge in [-0.2, -0.15) is 0 Å². The molecule has 0 radical (unpaired) electrons. The molecule has 0 aliphatic carbocycles. The van der Waals surface area contributed by atoms with Gasteiger partial charge in [-0.25, -0.2) is 4.98 Å². The Balaban J connectivity index is 1.42. The Morgan fingerprint density at radius 1 is 1.23 bits per heavy atom. The van der Waals surface area contributed by atoms with E-state index in [1.54, 1.807) is 23.5 Å². The van der Waals surface area contributed by atoms with Gasteiger partial charge >= 0.3 is 0 Å². The Bertz CT molecular complexity index is 1130. The second kappa shape index (κ2) is 8.95. The van der Waals surface area contributed by atoms with Crippen molar-refractivity contribution in [1.82, 2.24) is 15.2 Å². The van der Waals surface area contributed by atoms with Crippen LogP contribution in [0.2, 0.25) is 5.02 Å². The normalized spacial score (nSPS) is 15.0. The molecule has 5 nitrogen and oxygen atoms in total. The van der Waals surface area contributed by atoms with Crippen molar-refractivity contribution in [3.63, 3.8) is 0 Å². The van der Waals surface area contributed by atoms with E-state index < -0.39 is 0 Å². The Morgan fingerprint density at radius 2 is 2.00 bits per heavy atom. The van der Waals surface area contributed by atoms with Crippen molar-refractivity contribution in [3.8, 4) is 5.75 Å². The molecule has 152 valence electrons. The molecule has 1 aliphatic heterocycles. The van der Waals surface area contributed by atoms with Gasteiger partial charge in [-0.05, 0) is 54.5 Å². The van der Waals surface area contributed by atoms with E-state index in [2.05, 4.69) is 10.3 Å². The van der Waals surface area contributed by atoms with Crippen molar-refractivity contribution in [2.24, 2.45) is 0 Å². The van der Waals surface area contributed by atoms with Gasteiger partial charge in [0, 0.05) is 10.4 Å². The van der Waals surface area contributed by atoms with E-state index in [1.807, 2.05) is 54.8 Å². The molecular formula is C22H18ClN3O2S2. The summed E-state index contributed by atoms with van der Waals surface area (Å²) in [5, 5.41) is 6.97. The number of hydrogen-bond acceptors (Lipinski definition) is 5. The minimum atomic E-state index is -0.181. The van der Waals surface area contributed by atoms with Crippen LogP contribution in [0, 0.1) is 6.92 Å². The van der Waals surface area contributed by atoms with Crippen LogP contribution < -0.4 is 10.1 Å². The van der Waals surface area contributed by atoms with Gasteiger partial charge in [0.15, 0.2) is 5.11 Å². The van der Waals surface area contributed by atoms with Crippen LogP contribution in [0.4, 0.5) is 0 Å². The number of nitrogens with zero attached hydrogens (tertiary/aromatic N) is 2. The smallest absolute Gasteiger partial charge is 0.276 e. The standard InChI is InChI=1S/C22H18ClN3O2S2/c1-14-24-17(13-30-14)12-28-18-8-6-15(7-9-18)10-20-21(27)26(22(29)25-20)11-16-4-2-3-5-19(16)23/h2-10,13H,11-12H2,1H3,(H,25,29)/b20-10-. The molecule has 4 rings (SSSR count). The highest BCUT2D eigenvalue weighted by Gasteiger charge is 2.30. The summed E-state index contributed by atoms with van der Waals surface area (Å²) in [5.74, 6) is 0.559. The fraction of sp³-hybridized carbons (Fsp3) is 0.136. The zero-order chi connectivity index (χ0) is 21.1. The number of nitrogens with one attached hydrogen (secondary N) is 1. The lowest BCUT2D eigenvalue weighted by Crippen LogP contribution is -2.30. The first-order chi connectivity index (χ1) is 14.5. The van der Waals surface area contributed by atoms with E-state index >= 15 is 0 Å². The minimum absolute atomic E-state index is 0.181. The summed E-state index contributed by atoms with van der Waals surface area (Å²) in [6.07, 6.45) is 1.77. The summed E-state index contributed by atoms with van der Waals surface area (Å²) in [6, 6.07) is 14.9. The van der Waals surface area contributed by atoms with Crippen molar-refractivity contribution in [2.45, 2.75) is 20.1 Å². The summed E-state index contributed by atoms with van der Waals surface area (Å²) in [6.45, 7) is 2.72. The van der Waals surface area contributed by atoms with Crippen molar-refractivity contribution < 1.29 is 9.53 Å². The van der Waals surface area contributed by atoms with E-state index in [1.165, 1.54) is 4.90 Å². The number of aromatic nitrogens is 1. The lowest BCUT2D eigenvalue weighted by molar-refractivity contribution is -0.122. The maximum atomic E-state index is 12.8. The molecule has 0 atom stereocenters. The van der Waals surface area contributed by atoms with Gasteiger partial charge in [0.25, 0.3) is 5.91 Å². The fourth-order valence-corrected chi connectivity index (χ4v) is 4.02. The van der Waals surface area contributed by atoms with Gasteiger partial charge in [-0.15, -0.1) is 11.3 Å². The van der Waals surface area contributed by atoms with Crippen molar-refractivity contribution in [1.29, 1.82) is 0 Å². The Labute approximate surface area is 189 Å². The average molecular weight is 456 g/mol. The molecule has 2 heterocycles. The number of amides is 1. The van der Waals surface area contributed by atoms with Gasteiger partial charge in [-0.3, -0.25) is 9.69 Å². The number of benzene rings is 2. The highest BCUT2D eigenvalue weighted by atomic mass is 35.5. The van der Waals surface area contributed by atoms with Crippen LogP contribution in [0.1, 0.15) is 21.8 Å². The molecule has 1 N–H and O–H groups in total. The number of halogens is 1. The molecule has 3 aromatic rings. The largest absolute Gasteiger partial charge is 0.487 e. The molecule has 0 bridgehead atoms. The number of hydrogen-bond donors (Lipinski definition) is 1. The van der Waals surface area contributed by atoms with Gasteiger partial charge in [-0.1, -0.05) is 41.9 Å². The Kier molecular flexibility index (Phi) is 6.13. The molecule has 1 amide bonds. The lowest BCUT2D eigenvalue weighted by atomic mass is 10.1. The van der Waals surface area contributed by atoms with Crippen molar-refractivity contribution >= 4 is 52.3 Å². The number of rotatable bonds is 6. The van der Waals surface area contributed by atoms with Crippen LogP contribution >= 0.6 is 35.2 Å². The third-order valence-corrected chi connectivity index (χ3v) is 6.01. The maximum absolute atomic E-state index is 12.8. The van der Waals surface area contributed by atoms with E-state index in [0.717, 1.165) is 27.6 Å². The maximum Gasteiger partial charge on any atom is 0.276 e. The molecule has 1 aliphatic rings. The first-order valence-electron chi connectivity index (χ1n) is 9.21. The predicted octanol–water partition coefficient (Wildman–Crippen LogP) is 4.94. The monoisotopic (exact) mass is 455 g/mol. The summed E-state index contributed by atoms with van der Waals surface area (Å²) in [7, 11) is 0. The fourth-order valence-electron chi connectivity index (χ4n) is 2.97. The minimum Gasteiger partial charge on any atom is -0.487 e. The highest BCUT2D eigenvalue weighted by molar-refractivity contribution is 7.80. The molecule has 0 spiro atoms. The van der Waals surface area contributed by atoms with E-state index in [-0.39, 0.29) is 5.91 Å². The molecule has 8 heteroatoms. The van der Waals surface area contributed by atoms with Gasteiger partial charge in [0.2, 0.25) is 0 Å². The summed E-state index contributed by atoms with van der Waals surface area (Å²) in [4.78, 5) is 18.7. The van der Waals surface area contributed by atoms with Crippen LogP contribution in [0.5, 0.6) is 5.75 Å². The molecule has 1 saturated heterocycles. The third-order valence-electron chi connectivity index (χ3n) is 4.49. The number of carbonyl (C=O) groups is 1. The van der Waals surface area contributed by atoms with Crippen LogP contribution in [0.25, 0.3) is 6.08 Å². The van der Waals surface area contributed by atoms with E-state index in [4.69, 9.17) is 28.6 Å². The van der Waals surface area contributed by atoms with Crippen LogP contribution in [0.15, 0.2) is 59.6 Å². The molecule has 30 heavy (non-hydrogen) atoms. The number of ether oxygens (including phenoxy) is 1. The molecule has 1 fully saturated rings. The first-order valence-corrected chi connectivity index (χ1v) is 10.9. The predicted molar refractivity (Wildman–Crippen MR) is 123 cm³/mol. The Hall–Kier alpha value is -2.74. The van der Waals surface area contributed by atoms with Crippen molar-refractivity contribution in [3.05, 3.63) is 86.5 Å². The number of thiocarbonyl (C=S) groups is 1. The SMILES string of the molecule is Cc1nc(COc2ccc(/C=C3\NC(=S)N(Cc4ccccc4Cl)C3=O)cc2)cs1. The second-order valence-electron chi connectivity index (χ2n) is 6.69. The van der Waals surface area contributed by atoms with Crippen LogP contribution in [-0.2, 0) is 17.9 Å². The number of aryl methyl sites for hydroxylation is 1. The topological polar surface area (TPSA) is 54.5 Å². The summed E-state index contributed by atoms with van der Waals surface area (Å²) >= 11 is 13.2. The van der Waals surface area contributed by atoms with Crippen LogP contribution in [-0.4, -0.2) is 20.9 Å². The lowest BCUT2D eigenvalue weighted by Gasteiger charge is -2.14. The molecular weight excluding hydrogens is 438 g/mol. The molecule has 2 aromatic carbocycles. The Morgan fingerprint density at radius 3 is 2.70 bits per heavy atom. The molecule has 0 unspecified atom stereocenters. The quantitative estimate of drug-likeness (QED) is 0.421. The average Bonchev–Trinajstić information content (AvgIpc) is 3.27. The highest BCUT2D eigenvalue weighted by Crippen LogP contribution is 2.22. The van der Waals surface area contributed by atoms with Gasteiger partial charge < -0.3 is 10.1 Å². The molecule has 1 aromatic heterocycles. The zero-order valence-corrected chi connectivity index (χ0v) is 18.5. The number of carbonyl (C=O) groups excluding carboxylic acids is 1.